The number of halogens is 1. The molecule has 0 amide bonds. The minimum Gasteiger partial charge on any atom is -0.497 e. The van der Waals surface area contributed by atoms with Crippen molar-refractivity contribution in [2.75, 3.05) is 7.11 Å². The van der Waals surface area contributed by atoms with Gasteiger partial charge in [0.2, 0.25) is 5.82 Å². The summed E-state index contributed by atoms with van der Waals surface area (Å²) in [6.07, 6.45) is 0. The molecule has 3 aromatic rings. The highest BCUT2D eigenvalue weighted by molar-refractivity contribution is 6.30. The largest absolute Gasteiger partial charge is 0.497 e. The van der Waals surface area contributed by atoms with Crippen LogP contribution in [0.15, 0.2) is 48.5 Å². The standard InChI is InChI=1S/C15H13ClN4O/c1-21-14-7-3-5-12(9-14)15-17-19-20(18-15)10-11-4-2-6-13(16)8-11/h2-9H,10H2,1H3. The minimum absolute atomic E-state index is 0.525. The Labute approximate surface area is 127 Å². The predicted octanol–water partition coefficient (Wildman–Crippen LogP) is 3.05. The van der Waals surface area contributed by atoms with Crippen molar-refractivity contribution in [2.24, 2.45) is 0 Å². The first kappa shape index (κ1) is 13.6. The van der Waals surface area contributed by atoms with Crippen molar-refractivity contribution in [3.05, 3.63) is 59.1 Å². The molecule has 0 aliphatic heterocycles. The summed E-state index contributed by atoms with van der Waals surface area (Å²) in [5.74, 6) is 1.33. The lowest BCUT2D eigenvalue weighted by atomic mass is 10.2. The van der Waals surface area contributed by atoms with Crippen LogP contribution in [0.5, 0.6) is 5.75 Å². The Morgan fingerprint density at radius 2 is 2.00 bits per heavy atom. The summed E-state index contributed by atoms with van der Waals surface area (Å²) >= 11 is 5.97. The number of rotatable bonds is 4. The van der Waals surface area contributed by atoms with Crippen LogP contribution in [-0.4, -0.2) is 27.3 Å². The van der Waals surface area contributed by atoms with Crippen LogP contribution in [0.2, 0.25) is 5.02 Å². The summed E-state index contributed by atoms with van der Waals surface area (Å²) in [5.41, 5.74) is 1.89. The Balaban J connectivity index is 1.82. The Bertz CT molecular complexity index is 757. The predicted molar refractivity (Wildman–Crippen MR) is 80.4 cm³/mol. The molecule has 0 aliphatic rings. The molecule has 0 unspecified atom stereocenters. The lowest BCUT2D eigenvalue weighted by molar-refractivity contribution is 0.415. The van der Waals surface area contributed by atoms with E-state index in [4.69, 9.17) is 16.3 Å². The average molecular weight is 301 g/mol. The quantitative estimate of drug-likeness (QED) is 0.743. The molecule has 0 fully saturated rings. The Morgan fingerprint density at radius 3 is 2.81 bits per heavy atom. The first-order valence-electron chi connectivity index (χ1n) is 6.41. The third kappa shape index (κ3) is 3.20. The highest BCUT2D eigenvalue weighted by Crippen LogP contribution is 2.20. The Hall–Kier alpha value is -2.40. The number of ether oxygens (including phenoxy) is 1. The van der Waals surface area contributed by atoms with Crippen LogP contribution in [0.4, 0.5) is 0 Å². The van der Waals surface area contributed by atoms with Crippen LogP contribution in [0.1, 0.15) is 5.56 Å². The van der Waals surface area contributed by atoms with Crippen LogP contribution in [0.25, 0.3) is 11.4 Å². The molecule has 0 saturated carbocycles. The molecule has 2 aromatic carbocycles. The van der Waals surface area contributed by atoms with E-state index in [9.17, 15) is 0 Å². The van der Waals surface area contributed by atoms with Crippen molar-refractivity contribution < 1.29 is 4.74 Å². The first-order chi connectivity index (χ1) is 10.2. The molecular weight excluding hydrogens is 288 g/mol. The van der Waals surface area contributed by atoms with Gasteiger partial charge < -0.3 is 4.74 Å². The molecule has 6 heteroatoms. The zero-order chi connectivity index (χ0) is 14.7. The lowest BCUT2D eigenvalue weighted by Gasteiger charge is -2.01. The highest BCUT2D eigenvalue weighted by atomic mass is 35.5. The van der Waals surface area contributed by atoms with Gasteiger partial charge in [0.1, 0.15) is 5.75 Å². The molecule has 1 aromatic heterocycles. The molecule has 0 saturated heterocycles. The van der Waals surface area contributed by atoms with Crippen molar-refractivity contribution in [3.63, 3.8) is 0 Å². The SMILES string of the molecule is COc1cccc(-c2nnn(Cc3cccc(Cl)c3)n2)c1. The van der Waals surface area contributed by atoms with Gasteiger partial charge in [0.25, 0.3) is 0 Å². The van der Waals surface area contributed by atoms with Crippen LogP contribution in [0.3, 0.4) is 0 Å². The molecule has 5 nitrogen and oxygen atoms in total. The smallest absolute Gasteiger partial charge is 0.205 e. The third-order valence-corrected chi connectivity index (χ3v) is 3.23. The van der Waals surface area contributed by atoms with E-state index in [0.717, 1.165) is 16.9 Å². The van der Waals surface area contributed by atoms with Gasteiger partial charge in [0.05, 0.1) is 13.7 Å². The van der Waals surface area contributed by atoms with Gasteiger partial charge in [0.15, 0.2) is 0 Å². The number of tetrazole rings is 1. The van der Waals surface area contributed by atoms with Gasteiger partial charge in [-0.1, -0.05) is 35.9 Å². The highest BCUT2D eigenvalue weighted by Gasteiger charge is 2.07. The summed E-state index contributed by atoms with van der Waals surface area (Å²) in [4.78, 5) is 1.54. The number of hydrogen-bond donors (Lipinski definition) is 0. The van der Waals surface area contributed by atoms with E-state index in [0.29, 0.717) is 17.4 Å². The monoisotopic (exact) mass is 300 g/mol. The summed E-state index contributed by atoms with van der Waals surface area (Å²) < 4.78 is 5.19. The molecule has 0 aliphatic carbocycles. The normalized spacial score (nSPS) is 10.6. The number of benzene rings is 2. The van der Waals surface area contributed by atoms with E-state index in [-0.39, 0.29) is 0 Å². The fourth-order valence-corrected chi connectivity index (χ4v) is 2.20. The number of nitrogens with zero attached hydrogens (tertiary/aromatic N) is 4. The first-order valence-corrected chi connectivity index (χ1v) is 6.79. The van der Waals surface area contributed by atoms with E-state index in [1.54, 1.807) is 11.9 Å². The van der Waals surface area contributed by atoms with Gasteiger partial charge in [-0.2, -0.15) is 4.80 Å². The Kier molecular flexibility index (Phi) is 3.83. The van der Waals surface area contributed by atoms with E-state index in [1.807, 2.05) is 48.5 Å². The zero-order valence-corrected chi connectivity index (χ0v) is 12.2. The second-order valence-electron chi connectivity index (χ2n) is 4.51. The number of aromatic nitrogens is 4. The van der Waals surface area contributed by atoms with Gasteiger partial charge in [0, 0.05) is 10.6 Å². The van der Waals surface area contributed by atoms with Gasteiger partial charge in [-0.25, -0.2) is 0 Å². The van der Waals surface area contributed by atoms with E-state index in [1.165, 1.54) is 0 Å². The maximum atomic E-state index is 5.97. The van der Waals surface area contributed by atoms with Crippen LogP contribution in [-0.2, 0) is 6.54 Å². The minimum atomic E-state index is 0.525. The van der Waals surface area contributed by atoms with E-state index >= 15 is 0 Å². The van der Waals surface area contributed by atoms with Crippen molar-refractivity contribution >= 4 is 11.6 Å². The summed E-state index contributed by atoms with van der Waals surface area (Å²) in [6, 6.07) is 15.2. The van der Waals surface area contributed by atoms with Gasteiger partial charge in [-0.15, -0.1) is 10.2 Å². The van der Waals surface area contributed by atoms with Crippen molar-refractivity contribution in [1.29, 1.82) is 0 Å². The maximum absolute atomic E-state index is 5.97. The molecule has 106 valence electrons. The molecule has 1 heterocycles. The lowest BCUT2D eigenvalue weighted by Crippen LogP contribution is -2.03. The van der Waals surface area contributed by atoms with Crippen molar-refractivity contribution in [1.82, 2.24) is 20.2 Å². The second-order valence-corrected chi connectivity index (χ2v) is 4.94. The van der Waals surface area contributed by atoms with Gasteiger partial charge in [-0.05, 0) is 35.0 Å². The molecule has 0 radical (unpaired) electrons. The van der Waals surface area contributed by atoms with E-state index < -0.39 is 0 Å². The average Bonchev–Trinajstić information content (AvgIpc) is 2.96. The number of methoxy groups -OCH3 is 1. The third-order valence-electron chi connectivity index (χ3n) is 2.99. The molecule has 0 atom stereocenters. The van der Waals surface area contributed by atoms with E-state index in [2.05, 4.69) is 15.4 Å². The maximum Gasteiger partial charge on any atom is 0.205 e. The second kappa shape index (κ2) is 5.93. The zero-order valence-electron chi connectivity index (χ0n) is 11.4. The van der Waals surface area contributed by atoms with Crippen molar-refractivity contribution in [2.45, 2.75) is 6.54 Å². The molecule has 0 spiro atoms. The summed E-state index contributed by atoms with van der Waals surface area (Å²) in [5, 5.41) is 13.2. The fraction of sp³-hybridized carbons (Fsp3) is 0.133. The van der Waals surface area contributed by atoms with Gasteiger partial charge in [-0.3, -0.25) is 0 Å². The van der Waals surface area contributed by atoms with Gasteiger partial charge >= 0.3 is 0 Å². The number of hydrogen-bond acceptors (Lipinski definition) is 4. The molecule has 21 heavy (non-hydrogen) atoms. The Morgan fingerprint density at radius 1 is 1.14 bits per heavy atom. The molecule has 0 N–H and O–H groups in total. The summed E-state index contributed by atoms with van der Waals surface area (Å²) in [6.45, 7) is 0.525. The van der Waals surface area contributed by atoms with Crippen LogP contribution < -0.4 is 4.74 Å². The summed E-state index contributed by atoms with van der Waals surface area (Å²) in [7, 11) is 1.63. The van der Waals surface area contributed by atoms with Crippen LogP contribution in [0, 0.1) is 0 Å². The van der Waals surface area contributed by atoms with Crippen molar-refractivity contribution in [3.8, 4) is 17.1 Å². The van der Waals surface area contributed by atoms with Crippen LogP contribution >= 0.6 is 11.6 Å². The topological polar surface area (TPSA) is 52.8 Å². The molecule has 0 bridgehead atoms. The molecular formula is C15H13ClN4O. The molecule has 3 rings (SSSR count). The fourth-order valence-electron chi connectivity index (χ4n) is 1.99.